The molecule has 3 aromatic carbocycles. The van der Waals surface area contributed by atoms with Crippen molar-refractivity contribution in [3.8, 4) is 11.4 Å². The molecule has 164 valence electrons. The molecule has 1 aromatic heterocycles. The molecule has 0 spiro atoms. The van der Waals surface area contributed by atoms with Gasteiger partial charge in [-0.15, -0.1) is 0 Å². The van der Waals surface area contributed by atoms with Gasteiger partial charge in [0.1, 0.15) is 5.75 Å². The lowest BCUT2D eigenvalue weighted by Gasteiger charge is -2.11. The molecule has 0 bridgehead atoms. The number of hydrogen-bond donors (Lipinski definition) is 1. The lowest BCUT2D eigenvalue weighted by atomic mass is 10.1. The van der Waals surface area contributed by atoms with E-state index in [1.165, 1.54) is 0 Å². The number of nitrogens with one attached hydrogen (secondary N) is 1. The summed E-state index contributed by atoms with van der Waals surface area (Å²) in [5, 5.41) is 4.21. The third-order valence-electron chi connectivity index (χ3n) is 4.93. The molecule has 0 aliphatic heterocycles. The average Bonchev–Trinajstić information content (AvgIpc) is 3.38. The summed E-state index contributed by atoms with van der Waals surface area (Å²) in [7, 11) is 0. The van der Waals surface area contributed by atoms with Crippen molar-refractivity contribution in [2.45, 2.75) is 6.92 Å². The highest BCUT2D eigenvalue weighted by molar-refractivity contribution is 9.10. The summed E-state index contributed by atoms with van der Waals surface area (Å²) in [6.07, 6.45) is 3.87. The van der Waals surface area contributed by atoms with Gasteiger partial charge in [-0.2, -0.15) is 5.10 Å². The maximum Gasteiger partial charge on any atom is 0.344 e. The molecule has 7 heteroatoms. The molecule has 1 amide bonds. The zero-order chi connectivity index (χ0) is 23.2. The lowest BCUT2D eigenvalue weighted by molar-refractivity contribution is 0.0733. The van der Waals surface area contributed by atoms with Crippen LogP contribution in [0.15, 0.2) is 107 Å². The molecule has 0 aliphatic rings. The minimum atomic E-state index is -0.491. The molecule has 33 heavy (non-hydrogen) atoms. The van der Waals surface area contributed by atoms with Crippen molar-refractivity contribution in [1.29, 1.82) is 0 Å². The first kappa shape index (κ1) is 22.2. The fourth-order valence-corrected chi connectivity index (χ4v) is 3.63. The Labute approximate surface area is 199 Å². The Morgan fingerprint density at radius 3 is 2.18 bits per heavy atom. The van der Waals surface area contributed by atoms with Crippen LogP contribution in [0.3, 0.4) is 0 Å². The van der Waals surface area contributed by atoms with Crippen LogP contribution < -0.4 is 10.2 Å². The number of esters is 1. The third kappa shape index (κ3) is 5.27. The van der Waals surface area contributed by atoms with Crippen molar-refractivity contribution in [2.75, 3.05) is 0 Å². The van der Waals surface area contributed by atoms with Gasteiger partial charge in [-0.1, -0.05) is 24.3 Å². The highest BCUT2D eigenvalue weighted by Gasteiger charge is 2.15. The van der Waals surface area contributed by atoms with Crippen LogP contribution in [0.1, 0.15) is 33.2 Å². The highest BCUT2D eigenvalue weighted by Crippen LogP contribution is 2.23. The van der Waals surface area contributed by atoms with E-state index in [1.54, 1.807) is 55.5 Å². The molecular weight excluding hydrogens is 482 g/mol. The number of carbonyl (C=O) groups excluding carboxylic acids is 2. The van der Waals surface area contributed by atoms with E-state index in [4.69, 9.17) is 4.74 Å². The zero-order valence-electron chi connectivity index (χ0n) is 17.7. The fourth-order valence-electron chi connectivity index (χ4n) is 3.19. The maximum atomic E-state index is 12.6. The van der Waals surface area contributed by atoms with Gasteiger partial charge in [-0.25, -0.2) is 10.2 Å². The first-order chi connectivity index (χ1) is 16.0. The summed E-state index contributed by atoms with van der Waals surface area (Å²) in [6.45, 7) is 1.74. The molecule has 1 N–H and O–H groups in total. The number of para-hydroxylation sites is 1. The van der Waals surface area contributed by atoms with Gasteiger partial charge in [-0.3, -0.25) is 4.79 Å². The molecule has 0 unspecified atom stereocenters. The van der Waals surface area contributed by atoms with E-state index >= 15 is 0 Å². The lowest BCUT2D eigenvalue weighted by Crippen LogP contribution is -2.20. The predicted octanol–water partition coefficient (Wildman–Crippen LogP) is 5.61. The molecule has 4 rings (SSSR count). The van der Waals surface area contributed by atoms with Crippen LogP contribution in [0.25, 0.3) is 5.69 Å². The standard InChI is InChI=1S/C26H20BrN3O3/c1-18(28-29-25(31)19-12-14-20(15-13-19)30-16-6-7-17-30)21-8-3-5-11-24(21)33-26(32)22-9-2-4-10-23(22)27/h2-17H,1H3,(H,29,31)/b28-18+. The van der Waals surface area contributed by atoms with Crippen LogP contribution in [0.2, 0.25) is 0 Å². The second-order valence-corrected chi connectivity index (χ2v) is 8.00. The normalized spacial score (nSPS) is 11.2. The number of hydrazone groups is 1. The van der Waals surface area contributed by atoms with Crippen LogP contribution in [-0.2, 0) is 0 Å². The summed E-state index contributed by atoms with van der Waals surface area (Å²) in [5.41, 5.74) is 5.52. The van der Waals surface area contributed by atoms with Gasteiger partial charge < -0.3 is 9.30 Å². The minimum Gasteiger partial charge on any atom is -0.422 e. The van der Waals surface area contributed by atoms with Crippen molar-refractivity contribution in [2.24, 2.45) is 5.10 Å². The molecular formula is C26H20BrN3O3. The van der Waals surface area contributed by atoms with Gasteiger partial charge in [-0.05, 0) is 83.5 Å². The highest BCUT2D eigenvalue weighted by atomic mass is 79.9. The van der Waals surface area contributed by atoms with E-state index in [0.29, 0.717) is 32.6 Å². The Balaban J connectivity index is 1.47. The summed E-state index contributed by atoms with van der Waals surface area (Å²) in [4.78, 5) is 25.2. The fraction of sp³-hybridized carbons (Fsp3) is 0.0385. The van der Waals surface area contributed by atoms with Gasteiger partial charge >= 0.3 is 5.97 Å². The van der Waals surface area contributed by atoms with Crippen molar-refractivity contribution in [1.82, 2.24) is 9.99 Å². The Morgan fingerprint density at radius 2 is 1.48 bits per heavy atom. The average molecular weight is 502 g/mol. The van der Waals surface area contributed by atoms with Crippen LogP contribution in [0.4, 0.5) is 0 Å². The number of nitrogens with zero attached hydrogens (tertiary/aromatic N) is 2. The molecule has 0 saturated carbocycles. The first-order valence-corrected chi connectivity index (χ1v) is 11.0. The molecule has 0 fully saturated rings. The van der Waals surface area contributed by atoms with Gasteiger partial charge in [0.25, 0.3) is 5.91 Å². The first-order valence-electron chi connectivity index (χ1n) is 10.2. The monoisotopic (exact) mass is 501 g/mol. The van der Waals surface area contributed by atoms with E-state index in [9.17, 15) is 9.59 Å². The molecule has 6 nitrogen and oxygen atoms in total. The smallest absolute Gasteiger partial charge is 0.344 e. The zero-order valence-corrected chi connectivity index (χ0v) is 19.3. The van der Waals surface area contributed by atoms with Crippen molar-refractivity contribution in [3.63, 3.8) is 0 Å². The third-order valence-corrected chi connectivity index (χ3v) is 5.62. The Bertz CT molecular complexity index is 1310. The Hall–Kier alpha value is -3.97. The molecule has 4 aromatic rings. The molecule has 1 heterocycles. The number of ether oxygens (including phenoxy) is 1. The second kappa shape index (κ2) is 10.1. The second-order valence-electron chi connectivity index (χ2n) is 7.14. The van der Waals surface area contributed by atoms with Crippen LogP contribution in [0, 0.1) is 0 Å². The maximum absolute atomic E-state index is 12.6. The molecule has 0 saturated heterocycles. The largest absolute Gasteiger partial charge is 0.422 e. The Kier molecular flexibility index (Phi) is 6.80. The van der Waals surface area contributed by atoms with E-state index in [0.717, 1.165) is 5.69 Å². The number of aromatic nitrogens is 1. The van der Waals surface area contributed by atoms with Gasteiger partial charge in [0, 0.05) is 33.7 Å². The number of amides is 1. The van der Waals surface area contributed by atoms with E-state index in [2.05, 4.69) is 26.5 Å². The van der Waals surface area contributed by atoms with Crippen molar-refractivity contribution in [3.05, 3.63) is 118 Å². The van der Waals surface area contributed by atoms with E-state index in [1.807, 2.05) is 53.4 Å². The number of hydrogen-bond acceptors (Lipinski definition) is 4. The minimum absolute atomic E-state index is 0.337. The molecule has 0 atom stereocenters. The number of benzene rings is 3. The summed E-state index contributed by atoms with van der Waals surface area (Å²) in [6, 6.07) is 25.2. The van der Waals surface area contributed by atoms with E-state index in [-0.39, 0.29) is 5.91 Å². The van der Waals surface area contributed by atoms with Crippen LogP contribution in [-0.4, -0.2) is 22.2 Å². The van der Waals surface area contributed by atoms with Crippen molar-refractivity contribution >= 4 is 33.5 Å². The number of carbonyl (C=O) groups is 2. The Morgan fingerprint density at radius 1 is 0.848 bits per heavy atom. The van der Waals surface area contributed by atoms with Gasteiger partial charge in [0.05, 0.1) is 11.3 Å². The van der Waals surface area contributed by atoms with Gasteiger partial charge in [0.15, 0.2) is 0 Å². The molecule has 0 aliphatic carbocycles. The number of rotatable bonds is 6. The van der Waals surface area contributed by atoms with E-state index < -0.39 is 5.97 Å². The summed E-state index contributed by atoms with van der Waals surface area (Å²) >= 11 is 3.36. The summed E-state index contributed by atoms with van der Waals surface area (Å²) < 4.78 is 8.21. The SMILES string of the molecule is C/C(=N\NC(=O)c1ccc(-n2cccc2)cc1)c1ccccc1OC(=O)c1ccccc1Br. The topological polar surface area (TPSA) is 72.7 Å². The quantitative estimate of drug-likeness (QED) is 0.161. The van der Waals surface area contributed by atoms with Crippen LogP contribution in [0.5, 0.6) is 5.75 Å². The summed E-state index contributed by atoms with van der Waals surface area (Å²) in [5.74, 6) is -0.476. The number of halogens is 1. The van der Waals surface area contributed by atoms with Gasteiger partial charge in [0.2, 0.25) is 0 Å². The predicted molar refractivity (Wildman–Crippen MR) is 131 cm³/mol. The van der Waals surface area contributed by atoms with Crippen molar-refractivity contribution < 1.29 is 14.3 Å². The molecule has 0 radical (unpaired) electrons. The van der Waals surface area contributed by atoms with Crippen LogP contribution >= 0.6 is 15.9 Å².